The molecule has 0 aliphatic rings. The Bertz CT molecular complexity index is 522. The van der Waals surface area contributed by atoms with Crippen LogP contribution in [-0.4, -0.2) is 19.6 Å². The van der Waals surface area contributed by atoms with Gasteiger partial charge >= 0.3 is 5.97 Å². The number of carbonyl (C=O) groups is 1. The number of methoxy groups -OCH3 is 1. The average Bonchev–Trinajstić information content (AvgIpc) is 2.83. The van der Waals surface area contributed by atoms with Crippen molar-refractivity contribution in [2.24, 2.45) is 0 Å². The summed E-state index contributed by atoms with van der Waals surface area (Å²) >= 11 is 1.66. The standard InChI is InChI=1S/C14H15NO2S/c1-11-8-9-13(18-11)15(10-14(16)17-2)12-6-4-3-5-7-12/h3-9H,10H2,1-2H3. The summed E-state index contributed by atoms with van der Waals surface area (Å²) in [6, 6.07) is 13.9. The molecule has 0 amide bonds. The van der Waals surface area contributed by atoms with Gasteiger partial charge in [-0.2, -0.15) is 0 Å². The average molecular weight is 261 g/mol. The van der Waals surface area contributed by atoms with E-state index < -0.39 is 0 Å². The molecule has 0 bridgehead atoms. The van der Waals surface area contributed by atoms with Gasteiger partial charge in [-0.1, -0.05) is 18.2 Å². The minimum Gasteiger partial charge on any atom is -0.468 e. The number of anilines is 2. The second kappa shape index (κ2) is 5.69. The van der Waals surface area contributed by atoms with Crippen molar-refractivity contribution < 1.29 is 9.53 Å². The van der Waals surface area contributed by atoms with Crippen LogP contribution in [0.5, 0.6) is 0 Å². The second-order valence-electron chi connectivity index (χ2n) is 3.88. The fourth-order valence-electron chi connectivity index (χ4n) is 1.66. The minimum atomic E-state index is -0.245. The van der Waals surface area contributed by atoms with Crippen molar-refractivity contribution in [3.63, 3.8) is 0 Å². The lowest BCUT2D eigenvalue weighted by Crippen LogP contribution is -2.25. The molecule has 2 aromatic rings. The Morgan fingerprint density at radius 1 is 1.22 bits per heavy atom. The second-order valence-corrected chi connectivity index (χ2v) is 5.15. The zero-order chi connectivity index (χ0) is 13.0. The minimum absolute atomic E-state index is 0.223. The maximum Gasteiger partial charge on any atom is 0.325 e. The SMILES string of the molecule is COC(=O)CN(c1ccccc1)c1ccc(C)s1. The number of esters is 1. The Morgan fingerprint density at radius 2 is 1.94 bits per heavy atom. The van der Waals surface area contributed by atoms with Gasteiger partial charge in [-0.15, -0.1) is 11.3 Å². The Morgan fingerprint density at radius 3 is 2.50 bits per heavy atom. The van der Waals surface area contributed by atoms with Gasteiger partial charge in [0, 0.05) is 10.6 Å². The molecular formula is C14H15NO2S. The third-order valence-electron chi connectivity index (χ3n) is 2.57. The smallest absolute Gasteiger partial charge is 0.325 e. The molecule has 0 radical (unpaired) electrons. The molecule has 0 N–H and O–H groups in total. The summed E-state index contributed by atoms with van der Waals surface area (Å²) in [5.74, 6) is -0.245. The molecule has 94 valence electrons. The van der Waals surface area contributed by atoms with Gasteiger partial charge in [-0.05, 0) is 31.2 Å². The van der Waals surface area contributed by atoms with Crippen LogP contribution in [0.1, 0.15) is 4.88 Å². The molecule has 1 aromatic heterocycles. The van der Waals surface area contributed by atoms with E-state index in [4.69, 9.17) is 4.74 Å². The van der Waals surface area contributed by atoms with Crippen LogP contribution >= 0.6 is 11.3 Å². The monoisotopic (exact) mass is 261 g/mol. The van der Waals surface area contributed by atoms with E-state index in [1.807, 2.05) is 47.4 Å². The third-order valence-corrected chi connectivity index (χ3v) is 3.60. The number of nitrogens with zero attached hydrogens (tertiary/aromatic N) is 1. The van der Waals surface area contributed by atoms with Gasteiger partial charge in [0.15, 0.2) is 0 Å². The van der Waals surface area contributed by atoms with E-state index in [1.165, 1.54) is 12.0 Å². The summed E-state index contributed by atoms with van der Waals surface area (Å²) in [7, 11) is 1.41. The predicted octanol–water partition coefficient (Wildman–Crippen LogP) is 3.37. The molecular weight excluding hydrogens is 246 g/mol. The van der Waals surface area contributed by atoms with Crippen LogP contribution in [0, 0.1) is 6.92 Å². The van der Waals surface area contributed by atoms with E-state index in [-0.39, 0.29) is 12.5 Å². The highest BCUT2D eigenvalue weighted by Crippen LogP contribution is 2.31. The van der Waals surface area contributed by atoms with Crippen molar-refractivity contribution in [3.8, 4) is 0 Å². The lowest BCUT2D eigenvalue weighted by molar-refractivity contribution is -0.138. The number of hydrogen-bond acceptors (Lipinski definition) is 4. The Labute approximate surface area is 111 Å². The Kier molecular flexibility index (Phi) is 3.99. The van der Waals surface area contributed by atoms with Crippen molar-refractivity contribution in [3.05, 3.63) is 47.3 Å². The molecule has 2 rings (SSSR count). The Balaban J connectivity index is 2.32. The van der Waals surface area contributed by atoms with Crippen molar-refractivity contribution in [1.29, 1.82) is 0 Å². The summed E-state index contributed by atoms with van der Waals surface area (Å²) in [6.45, 7) is 2.27. The lowest BCUT2D eigenvalue weighted by Gasteiger charge is -2.21. The van der Waals surface area contributed by atoms with Gasteiger partial charge in [0.25, 0.3) is 0 Å². The highest BCUT2D eigenvalue weighted by Gasteiger charge is 2.15. The molecule has 18 heavy (non-hydrogen) atoms. The maximum atomic E-state index is 11.5. The number of hydrogen-bond donors (Lipinski definition) is 0. The van der Waals surface area contributed by atoms with Crippen molar-refractivity contribution in [2.45, 2.75) is 6.92 Å². The van der Waals surface area contributed by atoms with Crippen LogP contribution in [-0.2, 0) is 9.53 Å². The zero-order valence-electron chi connectivity index (χ0n) is 10.4. The van der Waals surface area contributed by atoms with Gasteiger partial charge in [-0.25, -0.2) is 0 Å². The Hall–Kier alpha value is -1.81. The molecule has 0 saturated carbocycles. The maximum absolute atomic E-state index is 11.5. The van der Waals surface area contributed by atoms with Crippen LogP contribution in [0.25, 0.3) is 0 Å². The highest BCUT2D eigenvalue weighted by molar-refractivity contribution is 7.16. The lowest BCUT2D eigenvalue weighted by atomic mass is 10.3. The van der Waals surface area contributed by atoms with Crippen molar-refractivity contribution >= 4 is 28.0 Å². The molecule has 0 saturated heterocycles. The van der Waals surface area contributed by atoms with Crippen LogP contribution in [0.15, 0.2) is 42.5 Å². The summed E-state index contributed by atoms with van der Waals surface area (Å²) in [6.07, 6.45) is 0. The van der Waals surface area contributed by atoms with Crippen LogP contribution in [0.4, 0.5) is 10.7 Å². The van der Waals surface area contributed by atoms with E-state index in [0.717, 1.165) is 10.7 Å². The van der Waals surface area contributed by atoms with E-state index in [0.29, 0.717) is 0 Å². The number of ether oxygens (including phenoxy) is 1. The molecule has 1 aromatic carbocycles. The van der Waals surface area contributed by atoms with Crippen molar-refractivity contribution in [2.75, 3.05) is 18.6 Å². The summed E-state index contributed by atoms with van der Waals surface area (Å²) in [4.78, 5) is 14.7. The van der Waals surface area contributed by atoms with Gasteiger partial charge in [-0.3, -0.25) is 4.79 Å². The first-order chi connectivity index (χ1) is 8.70. The number of carbonyl (C=O) groups excluding carboxylic acids is 1. The number of thiophene rings is 1. The third kappa shape index (κ3) is 2.90. The van der Waals surface area contributed by atoms with Gasteiger partial charge in [0.1, 0.15) is 6.54 Å². The van der Waals surface area contributed by atoms with E-state index in [9.17, 15) is 4.79 Å². The largest absolute Gasteiger partial charge is 0.468 e. The molecule has 3 nitrogen and oxygen atoms in total. The fourth-order valence-corrected chi connectivity index (χ4v) is 2.55. The number of aryl methyl sites for hydroxylation is 1. The topological polar surface area (TPSA) is 29.5 Å². The van der Waals surface area contributed by atoms with E-state index in [2.05, 4.69) is 6.92 Å². The summed E-state index contributed by atoms with van der Waals surface area (Å²) < 4.78 is 4.75. The number of para-hydroxylation sites is 1. The number of rotatable bonds is 4. The normalized spacial score (nSPS) is 10.1. The molecule has 1 heterocycles. The first kappa shape index (κ1) is 12.6. The molecule has 0 aliphatic carbocycles. The molecule has 0 aliphatic heterocycles. The van der Waals surface area contributed by atoms with E-state index >= 15 is 0 Å². The van der Waals surface area contributed by atoms with Gasteiger partial charge in [0.2, 0.25) is 0 Å². The highest BCUT2D eigenvalue weighted by atomic mass is 32.1. The molecule has 0 fully saturated rings. The first-order valence-corrected chi connectivity index (χ1v) is 6.48. The quantitative estimate of drug-likeness (QED) is 0.790. The molecule has 0 spiro atoms. The molecule has 0 unspecified atom stereocenters. The first-order valence-electron chi connectivity index (χ1n) is 5.66. The van der Waals surface area contributed by atoms with Gasteiger partial charge < -0.3 is 9.64 Å². The summed E-state index contributed by atoms with van der Waals surface area (Å²) in [5.41, 5.74) is 0.991. The number of benzene rings is 1. The van der Waals surface area contributed by atoms with Gasteiger partial charge in [0.05, 0.1) is 12.1 Å². The van der Waals surface area contributed by atoms with Crippen LogP contribution in [0.3, 0.4) is 0 Å². The molecule has 4 heteroatoms. The van der Waals surface area contributed by atoms with E-state index in [1.54, 1.807) is 11.3 Å². The summed E-state index contributed by atoms with van der Waals surface area (Å²) in [5, 5.41) is 1.05. The zero-order valence-corrected chi connectivity index (χ0v) is 11.2. The van der Waals surface area contributed by atoms with Crippen LogP contribution < -0.4 is 4.90 Å². The predicted molar refractivity (Wildman–Crippen MR) is 74.5 cm³/mol. The van der Waals surface area contributed by atoms with Crippen molar-refractivity contribution in [1.82, 2.24) is 0 Å². The fraction of sp³-hybridized carbons (Fsp3) is 0.214. The van der Waals surface area contributed by atoms with Crippen LogP contribution in [0.2, 0.25) is 0 Å². The molecule has 0 atom stereocenters.